The summed E-state index contributed by atoms with van der Waals surface area (Å²) in [6.45, 7) is 6.36. The normalized spacial score (nSPS) is 19.8. The summed E-state index contributed by atoms with van der Waals surface area (Å²) in [6.07, 6.45) is 0. The van der Waals surface area contributed by atoms with Crippen molar-refractivity contribution in [1.29, 1.82) is 0 Å². The molecule has 2 N–H and O–H groups in total. The third-order valence-corrected chi connectivity index (χ3v) is 3.21. The fourth-order valence-corrected chi connectivity index (χ4v) is 2.30. The van der Waals surface area contributed by atoms with Crippen LogP contribution in [0.25, 0.3) is 0 Å². The average molecular weight is 283 g/mol. The van der Waals surface area contributed by atoms with Crippen molar-refractivity contribution in [3.05, 3.63) is 28.2 Å². The SMILES string of the molecule is CC(C)(C)C1NC(=O)Nc2cc(Br)ccc21. The summed E-state index contributed by atoms with van der Waals surface area (Å²) in [5.74, 6) is 0. The van der Waals surface area contributed by atoms with Gasteiger partial charge in [-0.3, -0.25) is 0 Å². The van der Waals surface area contributed by atoms with E-state index in [0.717, 1.165) is 15.7 Å². The van der Waals surface area contributed by atoms with Gasteiger partial charge in [-0.05, 0) is 23.1 Å². The fraction of sp³-hybridized carbons (Fsp3) is 0.417. The molecular weight excluding hydrogens is 268 g/mol. The van der Waals surface area contributed by atoms with Crippen LogP contribution in [0.3, 0.4) is 0 Å². The molecule has 1 aliphatic rings. The fourth-order valence-electron chi connectivity index (χ4n) is 1.94. The molecule has 1 unspecified atom stereocenters. The monoisotopic (exact) mass is 282 g/mol. The van der Waals surface area contributed by atoms with Crippen molar-refractivity contribution in [2.75, 3.05) is 5.32 Å². The summed E-state index contributed by atoms with van der Waals surface area (Å²) < 4.78 is 0.973. The number of anilines is 1. The number of rotatable bonds is 0. The smallest absolute Gasteiger partial charge is 0.319 e. The Morgan fingerprint density at radius 3 is 2.62 bits per heavy atom. The van der Waals surface area contributed by atoms with E-state index >= 15 is 0 Å². The second-order valence-electron chi connectivity index (χ2n) is 5.13. The van der Waals surface area contributed by atoms with E-state index in [-0.39, 0.29) is 17.5 Å². The highest BCUT2D eigenvalue weighted by molar-refractivity contribution is 9.10. The van der Waals surface area contributed by atoms with Crippen molar-refractivity contribution in [3.8, 4) is 0 Å². The number of benzene rings is 1. The van der Waals surface area contributed by atoms with E-state index in [1.807, 2.05) is 18.2 Å². The zero-order valence-electron chi connectivity index (χ0n) is 9.60. The molecular formula is C12H15BrN2O. The maximum absolute atomic E-state index is 11.6. The molecule has 0 saturated heterocycles. The van der Waals surface area contributed by atoms with Crippen LogP contribution in [0.15, 0.2) is 22.7 Å². The van der Waals surface area contributed by atoms with Gasteiger partial charge in [-0.1, -0.05) is 42.8 Å². The van der Waals surface area contributed by atoms with Crippen LogP contribution in [0.1, 0.15) is 32.4 Å². The molecule has 0 aliphatic carbocycles. The Morgan fingerprint density at radius 2 is 2.00 bits per heavy atom. The predicted molar refractivity (Wildman–Crippen MR) is 68.5 cm³/mol. The maximum atomic E-state index is 11.6. The number of nitrogens with one attached hydrogen (secondary N) is 2. The van der Waals surface area contributed by atoms with Gasteiger partial charge in [0.2, 0.25) is 0 Å². The third kappa shape index (κ3) is 2.07. The molecule has 1 aromatic carbocycles. The van der Waals surface area contributed by atoms with E-state index in [9.17, 15) is 4.79 Å². The van der Waals surface area contributed by atoms with Gasteiger partial charge in [0.05, 0.1) is 6.04 Å². The topological polar surface area (TPSA) is 41.1 Å². The van der Waals surface area contributed by atoms with Gasteiger partial charge in [-0.2, -0.15) is 0 Å². The molecule has 0 bridgehead atoms. The van der Waals surface area contributed by atoms with Gasteiger partial charge in [-0.25, -0.2) is 4.79 Å². The highest BCUT2D eigenvalue weighted by Gasteiger charge is 2.33. The van der Waals surface area contributed by atoms with Crippen LogP contribution in [0.2, 0.25) is 0 Å². The zero-order valence-corrected chi connectivity index (χ0v) is 11.2. The summed E-state index contributed by atoms with van der Waals surface area (Å²) in [5, 5.41) is 5.79. The van der Waals surface area contributed by atoms with Crippen LogP contribution in [0.4, 0.5) is 10.5 Å². The first-order chi connectivity index (χ1) is 7.38. The molecule has 1 aliphatic heterocycles. The minimum Gasteiger partial charge on any atom is -0.330 e. The number of urea groups is 1. The molecule has 1 heterocycles. The van der Waals surface area contributed by atoms with Crippen molar-refractivity contribution < 1.29 is 4.79 Å². The molecule has 1 atom stereocenters. The molecule has 2 rings (SSSR count). The Kier molecular flexibility index (Phi) is 2.70. The minimum atomic E-state index is -0.134. The van der Waals surface area contributed by atoms with Crippen molar-refractivity contribution in [3.63, 3.8) is 0 Å². The largest absolute Gasteiger partial charge is 0.330 e. The highest BCUT2D eigenvalue weighted by atomic mass is 79.9. The zero-order chi connectivity index (χ0) is 11.9. The van der Waals surface area contributed by atoms with Crippen molar-refractivity contribution >= 4 is 27.6 Å². The standard InChI is InChI=1S/C12H15BrN2O/c1-12(2,3)10-8-5-4-7(13)6-9(8)14-11(16)15-10/h4-6,10H,1-3H3,(H2,14,15,16). The summed E-state index contributed by atoms with van der Waals surface area (Å²) >= 11 is 3.41. The Balaban J connectivity index is 2.50. The average Bonchev–Trinajstić information content (AvgIpc) is 2.14. The van der Waals surface area contributed by atoms with Crippen molar-refractivity contribution in [2.24, 2.45) is 5.41 Å². The van der Waals surface area contributed by atoms with Crippen LogP contribution in [0, 0.1) is 5.41 Å². The predicted octanol–water partition coefficient (Wildman–Crippen LogP) is 3.67. The van der Waals surface area contributed by atoms with E-state index in [0.29, 0.717) is 0 Å². The second kappa shape index (κ2) is 3.77. The molecule has 0 aromatic heterocycles. The van der Waals surface area contributed by atoms with Crippen molar-refractivity contribution in [2.45, 2.75) is 26.8 Å². The van der Waals surface area contributed by atoms with E-state index < -0.39 is 0 Å². The Bertz CT molecular complexity index is 437. The molecule has 1 aromatic rings. The Morgan fingerprint density at radius 1 is 1.31 bits per heavy atom. The summed E-state index contributed by atoms with van der Waals surface area (Å²) in [6, 6.07) is 5.89. The van der Waals surface area contributed by atoms with Gasteiger partial charge in [0.25, 0.3) is 0 Å². The van der Waals surface area contributed by atoms with Gasteiger partial charge >= 0.3 is 6.03 Å². The van der Waals surface area contributed by atoms with Crippen LogP contribution in [-0.2, 0) is 0 Å². The van der Waals surface area contributed by atoms with E-state index in [1.54, 1.807) is 0 Å². The minimum absolute atomic E-state index is 0.000337. The lowest BCUT2D eigenvalue weighted by atomic mass is 9.81. The van der Waals surface area contributed by atoms with E-state index in [4.69, 9.17) is 0 Å². The first-order valence-electron chi connectivity index (χ1n) is 5.25. The molecule has 0 saturated carbocycles. The van der Waals surface area contributed by atoms with Crippen LogP contribution < -0.4 is 10.6 Å². The number of amides is 2. The molecule has 0 fully saturated rings. The Labute approximate surface area is 104 Å². The van der Waals surface area contributed by atoms with E-state index in [1.165, 1.54) is 0 Å². The first-order valence-corrected chi connectivity index (χ1v) is 6.04. The number of fused-ring (bicyclic) bond motifs is 1. The van der Waals surface area contributed by atoms with Gasteiger partial charge < -0.3 is 10.6 Å². The lowest BCUT2D eigenvalue weighted by Crippen LogP contribution is -2.43. The number of carbonyl (C=O) groups is 1. The van der Waals surface area contributed by atoms with Gasteiger partial charge in [0, 0.05) is 10.2 Å². The molecule has 3 nitrogen and oxygen atoms in total. The van der Waals surface area contributed by atoms with Gasteiger partial charge in [-0.15, -0.1) is 0 Å². The lowest BCUT2D eigenvalue weighted by Gasteiger charge is -2.36. The van der Waals surface area contributed by atoms with Gasteiger partial charge in [0.1, 0.15) is 0 Å². The molecule has 16 heavy (non-hydrogen) atoms. The highest BCUT2D eigenvalue weighted by Crippen LogP contribution is 2.39. The maximum Gasteiger partial charge on any atom is 0.319 e. The van der Waals surface area contributed by atoms with E-state index in [2.05, 4.69) is 47.3 Å². The van der Waals surface area contributed by atoms with Crippen LogP contribution in [-0.4, -0.2) is 6.03 Å². The number of carbonyl (C=O) groups excluding carboxylic acids is 1. The molecule has 4 heteroatoms. The summed E-state index contributed by atoms with van der Waals surface area (Å²) in [5.41, 5.74) is 2.02. The van der Waals surface area contributed by atoms with Crippen LogP contribution in [0.5, 0.6) is 0 Å². The molecule has 0 radical (unpaired) electrons. The van der Waals surface area contributed by atoms with Crippen LogP contribution >= 0.6 is 15.9 Å². The summed E-state index contributed by atoms with van der Waals surface area (Å²) in [4.78, 5) is 11.6. The number of hydrogen-bond acceptors (Lipinski definition) is 1. The lowest BCUT2D eigenvalue weighted by molar-refractivity contribution is 0.226. The first kappa shape index (κ1) is 11.5. The third-order valence-electron chi connectivity index (χ3n) is 2.72. The number of halogens is 1. The van der Waals surface area contributed by atoms with Crippen molar-refractivity contribution in [1.82, 2.24) is 5.32 Å². The second-order valence-corrected chi connectivity index (χ2v) is 6.04. The quantitative estimate of drug-likeness (QED) is 0.749. The molecule has 86 valence electrons. The Hall–Kier alpha value is -1.03. The molecule has 2 amide bonds. The molecule has 0 spiro atoms. The number of hydrogen-bond donors (Lipinski definition) is 2. The summed E-state index contributed by atoms with van der Waals surface area (Å²) in [7, 11) is 0. The van der Waals surface area contributed by atoms with Gasteiger partial charge in [0.15, 0.2) is 0 Å².